The zero-order valence-electron chi connectivity index (χ0n) is 9.54. The second kappa shape index (κ2) is 5.95. The second-order valence-corrected chi connectivity index (χ2v) is 4.55. The van der Waals surface area contributed by atoms with Crippen molar-refractivity contribution in [3.63, 3.8) is 0 Å². The fourth-order valence-electron chi connectivity index (χ4n) is 1.17. The zero-order chi connectivity index (χ0) is 13.0. The molecule has 1 aromatic heterocycles. The van der Waals surface area contributed by atoms with Gasteiger partial charge in [0.2, 0.25) is 0 Å². The molecule has 1 heterocycles. The van der Waals surface area contributed by atoms with E-state index in [1.807, 2.05) is 0 Å². The molecular formula is C10H14N2O4S. The fourth-order valence-corrected chi connectivity index (χ4v) is 2.11. The minimum absolute atomic E-state index is 0.104. The Bertz CT molecular complexity index is 425. The van der Waals surface area contributed by atoms with Crippen molar-refractivity contribution >= 4 is 17.7 Å². The molecule has 7 heteroatoms. The van der Waals surface area contributed by atoms with Gasteiger partial charge in [-0.3, -0.25) is 0 Å². The van der Waals surface area contributed by atoms with E-state index in [0.29, 0.717) is 11.3 Å². The van der Waals surface area contributed by atoms with Gasteiger partial charge in [0.25, 0.3) is 0 Å². The number of aliphatic hydroxyl groups excluding tert-OH is 2. The number of aryl methyl sites for hydroxylation is 1. The summed E-state index contributed by atoms with van der Waals surface area (Å²) in [5.41, 5.74) is 1.23. The molecule has 0 saturated heterocycles. The van der Waals surface area contributed by atoms with E-state index in [4.69, 9.17) is 10.2 Å². The lowest BCUT2D eigenvalue weighted by Gasteiger charge is -2.10. The maximum atomic E-state index is 11.1. The van der Waals surface area contributed by atoms with E-state index in [9.17, 15) is 9.90 Å². The lowest BCUT2D eigenvalue weighted by atomic mass is 10.1. The summed E-state index contributed by atoms with van der Waals surface area (Å²) >= 11 is 1.07. The van der Waals surface area contributed by atoms with E-state index in [1.54, 1.807) is 13.8 Å². The number of hydrogen-bond donors (Lipinski definition) is 3. The second-order valence-electron chi connectivity index (χ2n) is 3.54. The van der Waals surface area contributed by atoms with Gasteiger partial charge in [-0.1, -0.05) is 0 Å². The van der Waals surface area contributed by atoms with Crippen molar-refractivity contribution in [2.75, 3.05) is 12.4 Å². The topological polar surface area (TPSA) is 104 Å². The monoisotopic (exact) mass is 258 g/mol. The van der Waals surface area contributed by atoms with Crippen LogP contribution < -0.4 is 0 Å². The molecule has 0 amide bonds. The van der Waals surface area contributed by atoms with Crippen molar-refractivity contribution in [1.82, 2.24) is 10.2 Å². The number of carboxylic acid groups (broad SMARTS) is 1. The number of aliphatic hydroxyl groups is 2. The highest BCUT2D eigenvalue weighted by Gasteiger charge is 2.18. The van der Waals surface area contributed by atoms with Gasteiger partial charge >= 0.3 is 5.97 Å². The molecule has 0 radical (unpaired) electrons. The molecule has 17 heavy (non-hydrogen) atoms. The Morgan fingerprint density at radius 1 is 1.41 bits per heavy atom. The highest BCUT2D eigenvalue weighted by atomic mass is 32.2. The third-order valence-electron chi connectivity index (χ3n) is 2.26. The summed E-state index contributed by atoms with van der Waals surface area (Å²) in [4.78, 5) is 11.1. The molecule has 94 valence electrons. The normalized spacial score (nSPS) is 12.5. The first-order chi connectivity index (χ1) is 7.97. The first-order valence-corrected chi connectivity index (χ1v) is 5.94. The number of carboxylic acids is 1. The average Bonchev–Trinajstić information content (AvgIpc) is 2.29. The molecule has 0 fully saturated rings. The third kappa shape index (κ3) is 3.39. The van der Waals surface area contributed by atoms with Crippen molar-refractivity contribution in [3.05, 3.63) is 16.8 Å². The molecule has 0 saturated carbocycles. The summed E-state index contributed by atoms with van der Waals surface area (Å²) in [5.74, 6) is -0.894. The van der Waals surface area contributed by atoms with Crippen LogP contribution in [0.2, 0.25) is 0 Å². The minimum atomic E-state index is -1.07. The van der Waals surface area contributed by atoms with Crippen LogP contribution in [0.3, 0.4) is 0 Å². The van der Waals surface area contributed by atoms with Crippen LogP contribution >= 0.6 is 11.8 Å². The van der Waals surface area contributed by atoms with E-state index in [-0.39, 0.29) is 22.9 Å². The first kappa shape index (κ1) is 13.9. The SMILES string of the molecule is Cc1nnc(SCC(O)CO)c(C(=O)O)c1C. The van der Waals surface area contributed by atoms with Crippen molar-refractivity contribution < 1.29 is 20.1 Å². The maximum Gasteiger partial charge on any atom is 0.338 e. The van der Waals surface area contributed by atoms with E-state index >= 15 is 0 Å². The number of hydrogen-bond acceptors (Lipinski definition) is 6. The van der Waals surface area contributed by atoms with Crippen LogP contribution in [-0.2, 0) is 0 Å². The summed E-state index contributed by atoms with van der Waals surface area (Å²) in [5, 5.41) is 34.9. The predicted molar refractivity (Wildman–Crippen MR) is 62.3 cm³/mol. The number of aromatic carboxylic acids is 1. The number of aromatic nitrogens is 2. The van der Waals surface area contributed by atoms with Gasteiger partial charge in [0, 0.05) is 5.75 Å². The van der Waals surface area contributed by atoms with Crippen molar-refractivity contribution in [2.24, 2.45) is 0 Å². The van der Waals surface area contributed by atoms with E-state index in [2.05, 4.69) is 10.2 Å². The Morgan fingerprint density at radius 3 is 2.59 bits per heavy atom. The number of carbonyl (C=O) groups is 1. The Balaban J connectivity index is 2.99. The van der Waals surface area contributed by atoms with Crippen LogP contribution in [0.15, 0.2) is 5.03 Å². The lowest BCUT2D eigenvalue weighted by Crippen LogP contribution is -2.16. The van der Waals surface area contributed by atoms with Gasteiger partial charge in [-0.2, -0.15) is 5.10 Å². The van der Waals surface area contributed by atoms with Crippen LogP contribution in [0.4, 0.5) is 0 Å². The molecule has 0 bridgehead atoms. The Kier molecular flexibility index (Phi) is 4.86. The molecule has 6 nitrogen and oxygen atoms in total. The molecule has 0 aromatic carbocycles. The number of thioether (sulfide) groups is 1. The highest BCUT2D eigenvalue weighted by Crippen LogP contribution is 2.24. The Hall–Kier alpha value is -1.18. The summed E-state index contributed by atoms with van der Waals surface area (Å²) in [6.07, 6.45) is -0.898. The summed E-state index contributed by atoms with van der Waals surface area (Å²) in [6, 6.07) is 0. The van der Waals surface area contributed by atoms with Crippen molar-refractivity contribution in [3.8, 4) is 0 Å². The molecule has 3 N–H and O–H groups in total. The van der Waals surface area contributed by atoms with Gasteiger partial charge in [-0.25, -0.2) is 4.79 Å². The quantitative estimate of drug-likeness (QED) is 0.650. The Labute approximate surface area is 103 Å². The van der Waals surface area contributed by atoms with Gasteiger partial charge < -0.3 is 15.3 Å². The number of rotatable bonds is 5. The molecule has 1 aromatic rings. The predicted octanol–water partition coefficient (Wildman–Crippen LogP) is 0.237. The molecule has 1 unspecified atom stereocenters. The maximum absolute atomic E-state index is 11.1. The largest absolute Gasteiger partial charge is 0.478 e. The van der Waals surface area contributed by atoms with Gasteiger partial charge in [0.05, 0.1) is 24.0 Å². The fraction of sp³-hybridized carbons (Fsp3) is 0.500. The van der Waals surface area contributed by atoms with Gasteiger partial charge in [-0.15, -0.1) is 16.9 Å². The van der Waals surface area contributed by atoms with Crippen LogP contribution in [-0.4, -0.2) is 49.9 Å². The van der Waals surface area contributed by atoms with Gasteiger partial charge in [0.1, 0.15) is 5.03 Å². The third-order valence-corrected chi connectivity index (χ3v) is 3.37. The van der Waals surface area contributed by atoms with E-state index < -0.39 is 12.1 Å². The summed E-state index contributed by atoms with van der Waals surface area (Å²) in [6.45, 7) is 2.99. The van der Waals surface area contributed by atoms with Crippen LogP contribution in [0, 0.1) is 13.8 Å². The first-order valence-electron chi connectivity index (χ1n) is 4.96. The zero-order valence-corrected chi connectivity index (χ0v) is 10.4. The summed E-state index contributed by atoms with van der Waals surface area (Å²) in [7, 11) is 0. The average molecular weight is 258 g/mol. The lowest BCUT2D eigenvalue weighted by molar-refractivity contribution is 0.0690. The van der Waals surface area contributed by atoms with Crippen LogP contribution in [0.1, 0.15) is 21.6 Å². The van der Waals surface area contributed by atoms with Gasteiger partial charge in [0.15, 0.2) is 0 Å². The van der Waals surface area contributed by atoms with E-state index in [1.165, 1.54) is 0 Å². The minimum Gasteiger partial charge on any atom is -0.478 e. The Morgan fingerprint density at radius 2 is 2.06 bits per heavy atom. The molecule has 0 aliphatic carbocycles. The molecule has 1 rings (SSSR count). The van der Waals surface area contributed by atoms with E-state index in [0.717, 1.165) is 11.8 Å². The highest BCUT2D eigenvalue weighted by molar-refractivity contribution is 7.99. The standard InChI is InChI=1S/C10H14N2O4S/c1-5-6(2)11-12-9(8(5)10(15)16)17-4-7(14)3-13/h7,13-14H,3-4H2,1-2H3,(H,15,16). The molecular weight excluding hydrogens is 244 g/mol. The molecule has 0 aliphatic heterocycles. The van der Waals surface area contributed by atoms with Gasteiger partial charge in [-0.05, 0) is 19.4 Å². The smallest absolute Gasteiger partial charge is 0.338 e. The molecule has 1 atom stereocenters. The summed E-state index contributed by atoms with van der Waals surface area (Å²) < 4.78 is 0. The molecule has 0 aliphatic rings. The van der Waals surface area contributed by atoms with Crippen LogP contribution in [0.25, 0.3) is 0 Å². The van der Waals surface area contributed by atoms with Crippen molar-refractivity contribution in [1.29, 1.82) is 0 Å². The molecule has 0 spiro atoms. The van der Waals surface area contributed by atoms with Crippen LogP contribution in [0.5, 0.6) is 0 Å². The number of nitrogens with zero attached hydrogens (tertiary/aromatic N) is 2. The van der Waals surface area contributed by atoms with Crippen molar-refractivity contribution in [2.45, 2.75) is 25.0 Å².